The van der Waals surface area contributed by atoms with Gasteiger partial charge in [0, 0.05) is 18.9 Å². The van der Waals surface area contributed by atoms with E-state index in [1.807, 2.05) is 6.07 Å². The number of rotatable bonds is 4. The molecule has 2 aromatic heterocycles. The number of hydrogen-bond donors (Lipinski definition) is 2. The maximum atomic E-state index is 12.9. The van der Waals surface area contributed by atoms with Crippen molar-refractivity contribution in [1.82, 2.24) is 9.97 Å². The predicted molar refractivity (Wildman–Crippen MR) is 89.2 cm³/mol. The molecule has 1 aromatic carbocycles. The molecule has 0 spiro atoms. The van der Waals surface area contributed by atoms with E-state index in [1.54, 1.807) is 25.4 Å². The highest BCUT2D eigenvalue weighted by molar-refractivity contribution is 7.17. The van der Waals surface area contributed by atoms with Crippen molar-refractivity contribution in [3.8, 4) is 10.6 Å². The van der Waals surface area contributed by atoms with Gasteiger partial charge in [0.05, 0.1) is 15.4 Å². The Morgan fingerprint density at radius 1 is 1.13 bits per heavy atom. The molecule has 0 bridgehead atoms. The first-order valence-electron chi connectivity index (χ1n) is 6.83. The molecular formula is C16H13FN4OS. The third kappa shape index (κ3) is 3.51. The molecule has 0 atom stereocenters. The van der Waals surface area contributed by atoms with Gasteiger partial charge in [0.25, 0.3) is 5.91 Å². The Morgan fingerprint density at radius 2 is 1.91 bits per heavy atom. The fraction of sp³-hybridized carbons (Fsp3) is 0.0625. The second-order valence-electron chi connectivity index (χ2n) is 4.64. The third-order valence-corrected chi connectivity index (χ3v) is 4.17. The van der Waals surface area contributed by atoms with Gasteiger partial charge in [-0.25, -0.2) is 14.4 Å². The number of carbonyl (C=O) groups excluding carboxylic acids is 1. The van der Waals surface area contributed by atoms with E-state index in [4.69, 9.17) is 0 Å². The number of amides is 1. The summed E-state index contributed by atoms with van der Waals surface area (Å²) in [6.07, 6.45) is 1.66. The molecule has 2 heterocycles. The van der Waals surface area contributed by atoms with Crippen LogP contribution < -0.4 is 10.6 Å². The van der Waals surface area contributed by atoms with Gasteiger partial charge >= 0.3 is 0 Å². The summed E-state index contributed by atoms with van der Waals surface area (Å²) >= 11 is 1.33. The van der Waals surface area contributed by atoms with Gasteiger partial charge < -0.3 is 10.6 Å². The molecule has 3 rings (SSSR count). The Bertz CT molecular complexity index is 832. The van der Waals surface area contributed by atoms with Crippen molar-refractivity contribution in [2.75, 3.05) is 17.7 Å². The smallest absolute Gasteiger partial charge is 0.265 e. The van der Waals surface area contributed by atoms with Crippen LogP contribution in [-0.4, -0.2) is 22.9 Å². The topological polar surface area (TPSA) is 66.9 Å². The second-order valence-corrected chi connectivity index (χ2v) is 5.72. The third-order valence-electron chi connectivity index (χ3n) is 3.06. The van der Waals surface area contributed by atoms with Crippen LogP contribution in [0.5, 0.6) is 0 Å². The van der Waals surface area contributed by atoms with Crippen LogP contribution in [0.25, 0.3) is 10.6 Å². The average Bonchev–Trinajstić information content (AvgIpc) is 3.07. The summed E-state index contributed by atoms with van der Waals surface area (Å²) < 4.78 is 12.9. The predicted octanol–water partition coefficient (Wildman–Crippen LogP) is 3.64. The zero-order chi connectivity index (χ0) is 16.2. The molecule has 1 amide bonds. The SMILES string of the molecule is CNc1nccc(-c2ccc(C(=O)Nc3ccc(F)cc3)s2)n1. The van der Waals surface area contributed by atoms with Gasteiger partial charge in [0.2, 0.25) is 5.95 Å². The van der Waals surface area contributed by atoms with Crippen molar-refractivity contribution in [2.45, 2.75) is 0 Å². The van der Waals surface area contributed by atoms with Gasteiger partial charge in [-0.05, 0) is 42.5 Å². The number of carbonyl (C=O) groups is 1. The number of anilines is 2. The summed E-state index contributed by atoms with van der Waals surface area (Å²) in [5, 5.41) is 5.61. The van der Waals surface area contributed by atoms with Crippen molar-refractivity contribution in [3.63, 3.8) is 0 Å². The van der Waals surface area contributed by atoms with Gasteiger partial charge in [-0.15, -0.1) is 11.3 Å². The molecule has 0 unspecified atom stereocenters. The normalized spacial score (nSPS) is 10.3. The van der Waals surface area contributed by atoms with Crippen molar-refractivity contribution < 1.29 is 9.18 Å². The van der Waals surface area contributed by atoms with Crippen LogP contribution in [0.1, 0.15) is 9.67 Å². The first-order valence-corrected chi connectivity index (χ1v) is 7.65. The lowest BCUT2D eigenvalue weighted by Gasteiger charge is -2.03. The molecule has 0 saturated heterocycles. The van der Waals surface area contributed by atoms with Gasteiger partial charge in [-0.2, -0.15) is 0 Å². The Morgan fingerprint density at radius 3 is 2.65 bits per heavy atom. The standard InChI is InChI=1S/C16H13FN4OS/c1-18-16-19-9-8-12(21-16)13-6-7-14(23-13)15(22)20-11-4-2-10(17)3-5-11/h2-9H,1H3,(H,20,22)(H,18,19,21). The first-order chi connectivity index (χ1) is 11.2. The minimum atomic E-state index is -0.342. The second kappa shape index (κ2) is 6.53. The number of nitrogens with zero attached hydrogens (tertiary/aromatic N) is 2. The monoisotopic (exact) mass is 328 g/mol. The highest BCUT2D eigenvalue weighted by atomic mass is 32.1. The molecule has 0 saturated carbocycles. The van der Waals surface area contributed by atoms with Crippen LogP contribution in [0.4, 0.5) is 16.0 Å². The molecule has 0 aliphatic rings. The van der Waals surface area contributed by atoms with Crippen molar-refractivity contribution >= 4 is 28.9 Å². The van der Waals surface area contributed by atoms with Crippen LogP contribution >= 0.6 is 11.3 Å². The molecule has 116 valence electrons. The number of halogens is 1. The summed E-state index contributed by atoms with van der Waals surface area (Å²) in [5.74, 6) is -0.0607. The minimum absolute atomic E-state index is 0.240. The molecule has 7 heteroatoms. The number of aromatic nitrogens is 2. The molecule has 0 aliphatic carbocycles. The molecule has 3 aromatic rings. The van der Waals surface area contributed by atoms with Crippen molar-refractivity contribution in [1.29, 1.82) is 0 Å². The summed E-state index contributed by atoms with van der Waals surface area (Å²) in [4.78, 5) is 22.0. The van der Waals surface area contributed by atoms with Gasteiger partial charge in [0.15, 0.2) is 0 Å². The van der Waals surface area contributed by atoms with E-state index in [9.17, 15) is 9.18 Å². The van der Waals surface area contributed by atoms with E-state index < -0.39 is 0 Å². The summed E-state index contributed by atoms with van der Waals surface area (Å²) in [7, 11) is 1.75. The lowest BCUT2D eigenvalue weighted by molar-refractivity contribution is 0.103. The maximum Gasteiger partial charge on any atom is 0.265 e. The minimum Gasteiger partial charge on any atom is -0.357 e. The first kappa shape index (κ1) is 15.1. The van der Waals surface area contributed by atoms with Crippen LogP contribution in [0.3, 0.4) is 0 Å². The number of hydrogen-bond acceptors (Lipinski definition) is 5. The Labute approximate surface area is 136 Å². The summed E-state index contributed by atoms with van der Waals surface area (Å²) in [6.45, 7) is 0. The van der Waals surface area contributed by atoms with Gasteiger partial charge in [-0.1, -0.05) is 0 Å². The largest absolute Gasteiger partial charge is 0.357 e. The van der Waals surface area contributed by atoms with Crippen molar-refractivity contribution in [2.24, 2.45) is 0 Å². The Kier molecular flexibility index (Phi) is 4.29. The van der Waals surface area contributed by atoms with E-state index in [-0.39, 0.29) is 11.7 Å². The summed E-state index contributed by atoms with van der Waals surface area (Å²) in [5.41, 5.74) is 1.29. The molecule has 0 radical (unpaired) electrons. The number of thiophene rings is 1. The van der Waals surface area contributed by atoms with E-state index in [1.165, 1.54) is 35.6 Å². The van der Waals surface area contributed by atoms with Crippen LogP contribution in [0.2, 0.25) is 0 Å². The maximum absolute atomic E-state index is 12.9. The van der Waals surface area contributed by atoms with Crippen molar-refractivity contribution in [3.05, 3.63) is 59.4 Å². The molecule has 0 fully saturated rings. The number of nitrogens with one attached hydrogen (secondary N) is 2. The molecular weight excluding hydrogens is 315 g/mol. The zero-order valence-corrected chi connectivity index (χ0v) is 13.0. The highest BCUT2D eigenvalue weighted by Crippen LogP contribution is 2.27. The van der Waals surface area contributed by atoms with Crippen LogP contribution in [-0.2, 0) is 0 Å². The van der Waals surface area contributed by atoms with Gasteiger partial charge in [0.1, 0.15) is 5.82 Å². The summed E-state index contributed by atoms with van der Waals surface area (Å²) in [6, 6.07) is 11.0. The molecule has 2 N–H and O–H groups in total. The highest BCUT2D eigenvalue weighted by Gasteiger charge is 2.12. The Hall–Kier alpha value is -2.80. The van der Waals surface area contributed by atoms with E-state index in [0.29, 0.717) is 16.5 Å². The zero-order valence-electron chi connectivity index (χ0n) is 12.2. The van der Waals surface area contributed by atoms with E-state index in [0.717, 1.165) is 10.6 Å². The average molecular weight is 328 g/mol. The fourth-order valence-corrected chi connectivity index (χ4v) is 2.81. The van der Waals surface area contributed by atoms with E-state index in [2.05, 4.69) is 20.6 Å². The lowest BCUT2D eigenvalue weighted by atomic mass is 10.3. The van der Waals surface area contributed by atoms with Crippen LogP contribution in [0.15, 0.2) is 48.7 Å². The van der Waals surface area contributed by atoms with Crippen LogP contribution in [0, 0.1) is 5.82 Å². The molecule has 23 heavy (non-hydrogen) atoms. The van der Waals surface area contributed by atoms with E-state index >= 15 is 0 Å². The quantitative estimate of drug-likeness (QED) is 0.767. The molecule has 5 nitrogen and oxygen atoms in total. The molecule has 0 aliphatic heterocycles. The number of benzene rings is 1. The lowest BCUT2D eigenvalue weighted by Crippen LogP contribution is -2.09. The van der Waals surface area contributed by atoms with Gasteiger partial charge in [-0.3, -0.25) is 4.79 Å². The Balaban J connectivity index is 1.78. The fourth-order valence-electron chi connectivity index (χ4n) is 1.94.